The third-order valence-corrected chi connectivity index (χ3v) is 8.47. The zero-order valence-electron chi connectivity index (χ0n) is 23.7. The zero-order chi connectivity index (χ0) is 28.5. The molecule has 2 N–H and O–H groups in total. The number of aldehydes is 1. The first-order valence-corrected chi connectivity index (χ1v) is 17.6. The minimum absolute atomic E-state index is 0.363. The molecule has 0 aliphatic rings. The summed E-state index contributed by atoms with van der Waals surface area (Å²) in [7, 11) is -1.17. The molecule has 2 aromatic heterocycles. The van der Waals surface area contributed by atoms with Gasteiger partial charge in [0, 0.05) is 50.3 Å². The summed E-state index contributed by atoms with van der Waals surface area (Å²) in [6, 6.07) is 16.6. The number of para-hydroxylation sites is 1. The molecule has 1 amide bonds. The molecule has 8 nitrogen and oxygen atoms in total. The summed E-state index contributed by atoms with van der Waals surface area (Å²) in [5.41, 5.74) is 10.5. The maximum absolute atomic E-state index is 12.7. The highest BCUT2D eigenvalue weighted by Gasteiger charge is 2.22. The standard InChI is InChI=1S/C31H39N5O3Si/c1-40(2,3)19-18-39-23-35-21-24(20-33-35)27-15-11-16-28(30(32)38)29(27)31-34-25(12-7-4-5-10-17-37)22-36(31)26-13-8-6-9-14-26/h6,8-9,11,13-17,20-22H,4-5,7,10,12,18-19,23H2,1-3H3,(H2,32,38). The number of rotatable bonds is 15. The van der Waals surface area contributed by atoms with Crippen molar-refractivity contribution in [3.05, 3.63) is 78.4 Å². The van der Waals surface area contributed by atoms with Crippen molar-refractivity contribution in [3.8, 4) is 28.2 Å². The number of hydrogen-bond acceptors (Lipinski definition) is 5. The van der Waals surface area contributed by atoms with Crippen LogP contribution in [0.5, 0.6) is 0 Å². The van der Waals surface area contributed by atoms with Crippen molar-refractivity contribution in [3.63, 3.8) is 0 Å². The Labute approximate surface area is 237 Å². The van der Waals surface area contributed by atoms with Gasteiger partial charge in [-0.3, -0.25) is 9.36 Å². The fraction of sp³-hybridized carbons (Fsp3) is 0.355. The molecule has 210 valence electrons. The lowest BCUT2D eigenvalue weighted by Gasteiger charge is -2.15. The molecule has 0 unspecified atom stereocenters. The Kier molecular flexibility index (Phi) is 9.84. The van der Waals surface area contributed by atoms with Gasteiger partial charge >= 0.3 is 0 Å². The second-order valence-corrected chi connectivity index (χ2v) is 16.9. The number of primary amides is 1. The number of benzene rings is 2. The number of hydrogen-bond donors (Lipinski definition) is 1. The second kappa shape index (κ2) is 13.5. The summed E-state index contributed by atoms with van der Waals surface area (Å²) in [5, 5.41) is 4.52. The summed E-state index contributed by atoms with van der Waals surface area (Å²) >= 11 is 0. The number of ether oxygens (including phenoxy) is 1. The normalized spacial score (nSPS) is 11.6. The van der Waals surface area contributed by atoms with Crippen LogP contribution in [-0.4, -0.2) is 46.2 Å². The fourth-order valence-electron chi connectivity index (χ4n) is 4.57. The van der Waals surface area contributed by atoms with Gasteiger partial charge in [-0.2, -0.15) is 5.10 Å². The van der Waals surface area contributed by atoms with Crippen LogP contribution in [-0.2, 0) is 22.7 Å². The lowest BCUT2D eigenvalue weighted by Crippen LogP contribution is -2.22. The molecule has 4 rings (SSSR count). The predicted octanol–water partition coefficient (Wildman–Crippen LogP) is 6.12. The van der Waals surface area contributed by atoms with Crippen LogP contribution >= 0.6 is 0 Å². The molecule has 0 saturated carbocycles. The zero-order valence-corrected chi connectivity index (χ0v) is 24.7. The Bertz CT molecular complexity index is 1420. The minimum Gasteiger partial charge on any atom is -0.366 e. The van der Waals surface area contributed by atoms with Crippen molar-refractivity contribution >= 4 is 20.3 Å². The minimum atomic E-state index is -1.17. The van der Waals surface area contributed by atoms with E-state index in [9.17, 15) is 9.59 Å². The summed E-state index contributed by atoms with van der Waals surface area (Å²) in [6.07, 6.45) is 10.8. The van der Waals surface area contributed by atoms with Gasteiger partial charge in [-0.25, -0.2) is 9.67 Å². The Morgan fingerprint density at radius 3 is 2.55 bits per heavy atom. The van der Waals surface area contributed by atoms with Gasteiger partial charge < -0.3 is 15.3 Å². The average Bonchev–Trinajstić information content (AvgIpc) is 3.58. The van der Waals surface area contributed by atoms with Crippen molar-refractivity contribution in [2.75, 3.05) is 6.61 Å². The van der Waals surface area contributed by atoms with Gasteiger partial charge in [-0.1, -0.05) is 56.4 Å². The monoisotopic (exact) mass is 557 g/mol. The molecule has 40 heavy (non-hydrogen) atoms. The molecule has 0 bridgehead atoms. The smallest absolute Gasteiger partial charge is 0.249 e. The lowest BCUT2D eigenvalue weighted by molar-refractivity contribution is -0.107. The van der Waals surface area contributed by atoms with Crippen LogP contribution in [0.4, 0.5) is 0 Å². The van der Waals surface area contributed by atoms with Gasteiger partial charge in [-0.15, -0.1) is 0 Å². The topological polar surface area (TPSA) is 105 Å². The summed E-state index contributed by atoms with van der Waals surface area (Å²) in [5.74, 6) is 0.134. The number of amides is 1. The van der Waals surface area contributed by atoms with Crippen LogP contribution < -0.4 is 5.73 Å². The van der Waals surface area contributed by atoms with E-state index in [0.717, 1.165) is 60.5 Å². The van der Waals surface area contributed by atoms with Gasteiger partial charge in [0.2, 0.25) is 5.91 Å². The van der Waals surface area contributed by atoms with Gasteiger partial charge in [0.25, 0.3) is 0 Å². The molecule has 0 saturated heterocycles. The van der Waals surface area contributed by atoms with E-state index in [4.69, 9.17) is 15.5 Å². The van der Waals surface area contributed by atoms with E-state index in [1.807, 2.05) is 59.4 Å². The molecular formula is C31H39N5O3Si. The molecule has 9 heteroatoms. The third-order valence-electron chi connectivity index (χ3n) is 6.76. The van der Waals surface area contributed by atoms with Crippen LogP contribution in [0.1, 0.15) is 41.7 Å². The van der Waals surface area contributed by atoms with Crippen molar-refractivity contribution < 1.29 is 14.3 Å². The van der Waals surface area contributed by atoms with Crippen molar-refractivity contribution in [2.45, 2.75) is 64.5 Å². The van der Waals surface area contributed by atoms with E-state index in [0.29, 0.717) is 36.7 Å². The second-order valence-electron chi connectivity index (χ2n) is 11.2. The lowest BCUT2D eigenvalue weighted by atomic mass is 9.96. The van der Waals surface area contributed by atoms with E-state index in [1.165, 1.54) is 0 Å². The molecule has 2 aromatic carbocycles. The number of carbonyl (C=O) groups is 2. The van der Waals surface area contributed by atoms with E-state index >= 15 is 0 Å². The van der Waals surface area contributed by atoms with Crippen LogP contribution in [0.15, 0.2) is 67.1 Å². The first-order valence-electron chi connectivity index (χ1n) is 13.9. The highest BCUT2D eigenvalue weighted by atomic mass is 28.3. The van der Waals surface area contributed by atoms with E-state index < -0.39 is 14.0 Å². The van der Waals surface area contributed by atoms with Gasteiger partial charge in [0.1, 0.15) is 18.8 Å². The quantitative estimate of drug-likeness (QED) is 0.108. The van der Waals surface area contributed by atoms with Gasteiger partial charge in [-0.05, 0) is 49.1 Å². The maximum atomic E-state index is 12.7. The predicted molar refractivity (Wildman–Crippen MR) is 161 cm³/mol. The number of carbonyl (C=O) groups excluding carboxylic acids is 2. The number of nitrogens with two attached hydrogens (primary N) is 1. The molecule has 0 fully saturated rings. The molecule has 4 aromatic rings. The Hall–Kier alpha value is -3.82. The Morgan fingerprint density at radius 2 is 1.82 bits per heavy atom. The van der Waals surface area contributed by atoms with Gasteiger partial charge in [0.05, 0.1) is 17.5 Å². The third kappa shape index (κ3) is 7.64. The Morgan fingerprint density at radius 1 is 1.02 bits per heavy atom. The van der Waals surface area contributed by atoms with Crippen molar-refractivity contribution in [1.29, 1.82) is 0 Å². The molecular weight excluding hydrogens is 518 g/mol. The molecule has 0 atom stereocenters. The first kappa shape index (κ1) is 29.2. The molecule has 2 heterocycles. The first-order chi connectivity index (χ1) is 19.3. The van der Waals surface area contributed by atoms with Gasteiger partial charge in [0.15, 0.2) is 0 Å². The highest BCUT2D eigenvalue weighted by molar-refractivity contribution is 6.76. The molecule has 0 spiro atoms. The van der Waals surface area contributed by atoms with Crippen LogP contribution in [0.2, 0.25) is 25.7 Å². The molecule has 0 radical (unpaired) electrons. The summed E-state index contributed by atoms with van der Waals surface area (Å²) < 4.78 is 9.69. The molecule has 0 aliphatic heterocycles. The number of unbranched alkanes of at least 4 members (excludes halogenated alkanes) is 3. The summed E-state index contributed by atoms with van der Waals surface area (Å²) in [4.78, 5) is 28.4. The van der Waals surface area contributed by atoms with E-state index in [-0.39, 0.29) is 0 Å². The average molecular weight is 558 g/mol. The maximum Gasteiger partial charge on any atom is 0.249 e. The van der Waals surface area contributed by atoms with E-state index in [1.54, 1.807) is 16.9 Å². The van der Waals surface area contributed by atoms with Crippen molar-refractivity contribution in [1.82, 2.24) is 19.3 Å². The number of aromatic nitrogens is 4. The fourth-order valence-corrected chi connectivity index (χ4v) is 5.33. The van der Waals surface area contributed by atoms with Crippen LogP contribution in [0.25, 0.3) is 28.2 Å². The van der Waals surface area contributed by atoms with Crippen LogP contribution in [0.3, 0.4) is 0 Å². The van der Waals surface area contributed by atoms with E-state index in [2.05, 4.69) is 24.7 Å². The Balaban J connectivity index is 1.71. The number of aryl methyl sites for hydroxylation is 1. The largest absolute Gasteiger partial charge is 0.366 e. The SMILES string of the molecule is C[Si](C)(C)CCOCn1cc(-c2cccc(C(N)=O)c2-c2nc(CCCCCC=O)cn2-c2ccccc2)cn1. The molecule has 0 aliphatic carbocycles. The number of nitrogens with zero attached hydrogens (tertiary/aromatic N) is 4. The van der Waals surface area contributed by atoms with Crippen LogP contribution in [0, 0.1) is 0 Å². The highest BCUT2D eigenvalue weighted by Crippen LogP contribution is 2.36. The summed E-state index contributed by atoms with van der Waals surface area (Å²) in [6.45, 7) is 8.05. The van der Waals surface area contributed by atoms with Crippen molar-refractivity contribution in [2.24, 2.45) is 5.73 Å². The number of imidazole rings is 1.